The Morgan fingerprint density at radius 1 is 1.04 bits per heavy atom. The van der Waals surface area contributed by atoms with Gasteiger partial charge in [0.15, 0.2) is 18.2 Å². The van der Waals surface area contributed by atoms with E-state index in [4.69, 9.17) is 11.6 Å². The van der Waals surface area contributed by atoms with E-state index in [0.29, 0.717) is 5.69 Å². The summed E-state index contributed by atoms with van der Waals surface area (Å²) in [6, 6.07) is 11.0. The minimum atomic E-state index is -0.202. The first-order valence-electron chi connectivity index (χ1n) is 8.59. The van der Waals surface area contributed by atoms with Crippen LogP contribution < -0.4 is 15.5 Å². The lowest BCUT2D eigenvalue weighted by molar-refractivity contribution is -0.883. The van der Waals surface area contributed by atoms with E-state index in [-0.39, 0.29) is 30.1 Å². The highest BCUT2D eigenvalue weighted by molar-refractivity contribution is 6.32. The topological polar surface area (TPSA) is 75.5 Å². The Kier molecular flexibility index (Phi) is 7.56. The number of halogens is 1. The van der Waals surface area contributed by atoms with Gasteiger partial charge in [0.25, 0.3) is 11.8 Å². The number of para-hydroxylation sites is 1. The molecule has 0 bridgehead atoms. The molecule has 2 rings (SSSR count). The van der Waals surface area contributed by atoms with Gasteiger partial charge in [-0.25, -0.2) is 4.98 Å². The predicted molar refractivity (Wildman–Crippen MR) is 104 cm³/mol. The van der Waals surface area contributed by atoms with Gasteiger partial charge < -0.3 is 15.5 Å². The Labute approximate surface area is 158 Å². The van der Waals surface area contributed by atoms with Crippen LogP contribution in [-0.2, 0) is 9.59 Å². The van der Waals surface area contributed by atoms with Crippen molar-refractivity contribution in [1.29, 1.82) is 0 Å². The highest BCUT2D eigenvalue weighted by Gasteiger charge is 2.18. The number of nitrogens with zero attached hydrogens (tertiary/aromatic N) is 1. The lowest BCUT2D eigenvalue weighted by Gasteiger charge is -2.18. The van der Waals surface area contributed by atoms with Crippen molar-refractivity contribution >= 4 is 34.8 Å². The molecule has 6 nitrogen and oxygen atoms in total. The van der Waals surface area contributed by atoms with Crippen molar-refractivity contribution in [3.8, 4) is 0 Å². The van der Waals surface area contributed by atoms with Crippen molar-refractivity contribution in [3.63, 3.8) is 0 Å². The number of nitrogens with one attached hydrogen (secondary N) is 3. The fourth-order valence-electron chi connectivity index (χ4n) is 2.63. The number of carbonyl (C=O) groups excluding carboxylic acids is 2. The molecular weight excluding hydrogens is 352 g/mol. The number of carbonyl (C=O) groups is 2. The highest BCUT2D eigenvalue weighted by Crippen LogP contribution is 2.16. The maximum Gasteiger partial charge on any atom is 0.279 e. The average Bonchev–Trinajstić information content (AvgIpc) is 2.59. The van der Waals surface area contributed by atoms with Gasteiger partial charge in [0, 0.05) is 11.9 Å². The number of hydrogen-bond acceptors (Lipinski definition) is 3. The van der Waals surface area contributed by atoms with Gasteiger partial charge in [0.05, 0.1) is 12.2 Å². The number of rotatable bonds is 8. The maximum atomic E-state index is 12.3. The summed E-state index contributed by atoms with van der Waals surface area (Å²) in [7, 11) is 0. The summed E-state index contributed by atoms with van der Waals surface area (Å²) in [6.45, 7) is 5.08. The molecule has 0 aliphatic rings. The molecule has 2 aromatic rings. The minimum absolute atomic E-state index is 0.116. The lowest BCUT2D eigenvalue weighted by atomic mass is 10.2. The molecule has 7 heteroatoms. The Morgan fingerprint density at radius 2 is 1.65 bits per heavy atom. The maximum absolute atomic E-state index is 12.3. The van der Waals surface area contributed by atoms with Crippen molar-refractivity contribution in [2.75, 3.05) is 30.3 Å². The number of pyridine rings is 1. The van der Waals surface area contributed by atoms with E-state index in [1.54, 1.807) is 18.3 Å². The second kappa shape index (κ2) is 9.89. The van der Waals surface area contributed by atoms with E-state index in [0.717, 1.165) is 29.1 Å². The standard InChI is InChI=1S/C19H23ClN4O2/c1-3-11-24(12-17(25)22-15-8-5-4-7-14(15)2)13-18(26)23-16-9-6-10-21-19(16)20/h4-10H,3,11-13H2,1-2H3,(H,22,25)(H,23,26)/p+1. The highest BCUT2D eigenvalue weighted by atomic mass is 35.5. The van der Waals surface area contributed by atoms with Gasteiger partial charge in [-0.3, -0.25) is 9.59 Å². The first-order chi connectivity index (χ1) is 12.5. The third-order valence-electron chi connectivity index (χ3n) is 3.88. The minimum Gasteiger partial charge on any atom is -0.321 e. The van der Waals surface area contributed by atoms with Crippen LogP contribution in [-0.4, -0.2) is 36.4 Å². The fourth-order valence-corrected chi connectivity index (χ4v) is 2.79. The van der Waals surface area contributed by atoms with E-state index in [2.05, 4.69) is 15.6 Å². The third kappa shape index (κ3) is 6.13. The van der Waals surface area contributed by atoms with Gasteiger partial charge in [-0.1, -0.05) is 36.7 Å². The molecule has 1 aromatic carbocycles. The van der Waals surface area contributed by atoms with Crippen LogP contribution in [0.5, 0.6) is 0 Å². The molecule has 3 N–H and O–H groups in total. The summed E-state index contributed by atoms with van der Waals surface area (Å²) in [5, 5.41) is 5.90. The van der Waals surface area contributed by atoms with Crippen LogP contribution in [0.1, 0.15) is 18.9 Å². The second-order valence-electron chi connectivity index (χ2n) is 6.11. The van der Waals surface area contributed by atoms with Crippen LogP contribution in [0.25, 0.3) is 0 Å². The van der Waals surface area contributed by atoms with Crippen molar-refractivity contribution in [1.82, 2.24) is 4.98 Å². The summed E-state index contributed by atoms with van der Waals surface area (Å²) in [4.78, 5) is 29.5. The zero-order valence-corrected chi connectivity index (χ0v) is 15.8. The lowest BCUT2D eigenvalue weighted by Crippen LogP contribution is -3.14. The number of aryl methyl sites for hydroxylation is 1. The van der Waals surface area contributed by atoms with Crippen molar-refractivity contribution in [2.24, 2.45) is 0 Å². The van der Waals surface area contributed by atoms with Crippen LogP contribution in [0, 0.1) is 6.92 Å². The van der Waals surface area contributed by atoms with Crippen LogP contribution in [0.15, 0.2) is 42.6 Å². The van der Waals surface area contributed by atoms with E-state index in [9.17, 15) is 9.59 Å². The van der Waals surface area contributed by atoms with Crippen LogP contribution in [0.2, 0.25) is 5.15 Å². The van der Waals surface area contributed by atoms with Crippen molar-refractivity contribution in [3.05, 3.63) is 53.3 Å². The molecule has 0 fully saturated rings. The molecule has 0 aliphatic carbocycles. The summed E-state index contributed by atoms with van der Waals surface area (Å²) in [5.41, 5.74) is 2.26. The largest absolute Gasteiger partial charge is 0.321 e. The molecule has 26 heavy (non-hydrogen) atoms. The van der Waals surface area contributed by atoms with Crippen LogP contribution in [0.3, 0.4) is 0 Å². The van der Waals surface area contributed by atoms with E-state index in [1.165, 1.54) is 0 Å². The monoisotopic (exact) mass is 375 g/mol. The SMILES string of the molecule is CCC[NH+](CC(=O)Nc1ccccc1C)CC(=O)Nc1cccnc1Cl. The third-order valence-corrected chi connectivity index (χ3v) is 4.18. The molecule has 138 valence electrons. The van der Waals surface area contributed by atoms with E-state index in [1.807, 2.05) is 38.1 Å². The van der Waals surface area contributed by atoms with Crippen molar-refractivity contribution < 1.29 is 14.5 Å². The molecule has 0 spiro atoms. The molecule has 0 saturated carbocycles. The molecule has 1 atom stereocenters. The Morgan fingerprint density at radius 3 is 2.27 bits per heavy atom. The number of aromatic nitrogens is 1. The number of benzene rings is 1. The molecule has 0 saturated heterocycles. The summed E-state index contributed by atoms with van der Waals surface area (Å²) in [5.74, 6) is -0.318. The molecule has 0 radical (unpaired) electrons. The number of quaternary nitrogens is 1. The number of hydrogen-bond donors (Lipinski definition) is 3. The Balaban J connectivity index is 1.93. The molecule has 1 heterocycles. The van der Waals surface area contributed by atoms with E-state index >= 15 is 0 Å². The van der Waals surface area contributed by atoms with Crippen LogP contribution >= 0.6 is 11.6 Å². The average molecular weight is 376 g/mol. The first kappa shape index (κ1) is 19.9. The van der Waals surface area contributed by atoms with Crippen molar-refractivity contribution in [2.45, 2.75) is 20.3 Å². The molecule has 2 amide bonds. The van der Waals surface area contributed by atoms with Gasteiger partial charge in [0.1, 0.15) is 0 Å². The van der Waals surface area contributed by atoms with Gasteiger partial charge in [-0.15, -0.1) is 0 Å². The Hall–Kier alpha value is -2.44. The van der Waals surface area contributed by atoms with Gasteiger partial charge in [-0.2, -0.15) is 0 Å². The summed E-state index contributed by atoms with van der Waals surface area (Å²) < 4.78 is 0. The summed E-state index contributed by atoms with van der Waals surface area (Å²) in [6.07, 6.45) is 2.43. The smallest absolute Gasteiger partial charge is 0.279 e. The van der Waals surface area contributed by atoms with Gasteiger partial charge in [-0.05, 0) is 37.1 Å². The molecule has 1 aromatic heterocycles. The molecule has 1 unspecified atom stereocenters. The zero-order chi connectivity index (χ0) is 18.9. The zero-order valence-electron chi connectivity index (χ0n) is 15.0. The summed E-state index contributed by atoms with van der Waals surface area (Å²) >= 11 is 5.96. The Bertz CT molecular complexity index is 705. The molecular formula is C19H24ClN4O2+. The molecule has 0 aliphatic heterocycles. The van der Waals surface area contributed by atoms with Crippen LogP contribution in [0.4, 0.5) is 11.4 Å². The number of amides is 2. The van der Waals surface area contributed by atoms with E-state index < -0.39 is 0 Å². The first-order valence-corrected chi connectivity index (χ1v) is 8.96. The van der Waals surface area contributed by atoms with Gasteiger partial charge >= 0.3 is 0 Å². The van der Waals surface area contributed by atoms with Gasteiger partial charge in [0.2, 0.25) is 0 Å². The second-order valence-corrected chi connectivity index (χ2v) is 6.46. The quantitative estimate of drug-likeness (QED) is 0.617. The normalized spacial score (nSPS) is 11.7. The number of anilines is 2. The fraction of sp³-hybridized carbons (Fsp3) is 0.316. The predicted octanol–water partition coefficient (Wildman–Crippen LogP) is 1.92.